The van der Waals surface area contributed by atoms with E-state index < -0.39 is 0 Å². The lowest BCUT2D eigenvalue weighted by Crippen LogP contribution is -2.42. The molecule has 0 radical (unpaired) electrons. The smallest absolute Gasteiger partial charge is 0.0702 e. The SMILES string of the molecule is CCOC1CCCN(CC2(CBr)CC2)C1. The lowest BCUT2D eigenvalue weighted by molar-refractivity contribution is 0.00156. The van der Waals surface area contributed by atoms with E-state index in [9.17, 15) is 0 Å². The Morgan fingerprint density at radius 1 is 1.47 bits per heavy atom. The Bertz CT molecular complexity index is 204. The van der Waals surface area contributed by atoms with Crippen LogP contribution in [0.3, 0.4) is 0 Å². The van der Waals surface area contributed by atoms with Gasteiger partial charge in [-0.1, -0.05) is 15.9 Å². The summed E-state index contributed by atoms with van der Waals surface area (Å²) in [4.78, 5) is 2.61. The second kappa shape index (κ2) is 5.15. The molecule has 1 aliphatic heterocycles. The fourth-order valence-corrected chi connectivity index (χ4v) is 3.25. The van der Waals surface area contributed by atoms with Crippen molar-refractivity contribution in [3.05, 3.63) is 0 Å². The first-order valence-electron chi connectivity index (χ1n) is 6.18. The van der Waals surface area contributed by atoms with Crippen molar-refractivity contribution >= 4 is 15.9 Å². The second-order valence-corrected chi connectivity index (χ2v) is 5.65. The number of rotatable bonds is 5. The molecule has 0 spiro atoms. The molecule has 0 aromatic rings. The number of nitrogens with zero attached hydrogens (tertiary/aromatic N) is 1. The maximum Gasteiger partial charge on any atom is 0.0702 e. The third-order valence-corrected chi connectivity index (χ3v) is 4.85. The minimum atomic E-state index is 0.495. The predicted octanol–water partition coefficient (Wildman–Crippen LogP) is 2.66. The van der Waals surface area contributed by atoms with Gasteiger partial charge in [0.25, 0.3) is 0 Å². The summed E-state index contributed by atoms with van der Waals surface area (Å²) in [5.74, 6) is 0. The lowest BCUT2D eigenvalue weighted by atomic mass is 10.0. The van der Waals surface area contributed by atoms with Gasteiger partial charge in [-0.15, -0.1) is 0 Å². The summed E-state index contributed by atoms with van der Waals surface area (Å²) >= 11 is 3.65. The number of piperidine rings is 1. The van der Waals surface area contributed by atoms with Crippen molar-refractivity contribution in [1.29, 1.82) is 0 Å². The van der Waals surface area contributed by atoms with E-state index >= 15 is 0 Å². The number of alkyl halides is 1. The Morgan fingerprint density at radius 3 is 2.87 bits per heavy atom. The van der Waals surface area contributed by atoms with Crippen LogP contribution < -0.4 is 0 Å². The first kappa shape index (κ1) is 11.9. The van der Waals surface area contributed by atoms with Crippen molar-refractivity contribution in [3.8, 4) is 0 Å². The number of hydrogen-bond acceptors (Lipinski definition) is 2. The number of hydrogen-bond donors (Lipinski definition) is 0. The van der Waals surface area contributed by atoms with Crippen LogP contribution in [0.2, 0.25) is 0 Å². The van der Waals surface area contributed by atoms with E-state index in [1.165, 1.54) is 44.1 Å². The van der Waals surface area contributed by atoms with E-state index in [-0.39, 0.29) is 0 Å². The highest BCUT2D eigenvalue weighted by molar-refractivity contribution is 9.09. The number of halogens is 1. The van der Waals surface area contributed by atoms with Gasteiger partial charge in [0.1, 0.15) is 0 Å². The van der Waals surface area contributed by atoms with Gasteiger partial charge < -0.3 is 9.64 Å². The monoisotopic (exact) mass is 275 g/mol. The van der Waals surface area contributed by atoms with Crippen molar-refractivity contribution in [2.45, 2.75) is 38.7 Å². The third-order valence-electron chi connectivity index (χ3n) is 3.66. The first-order chi connectivity index (χ1) is 7.28. The molecule has 88 valence electrons. The van der Waals surface area contributed by atoms with Crippen LogP contribution in [0.5, 0.6) is 0 Å². The van der Waals surface area contributed by atoms with Gasteiger partial charge in [-0.05, 0) is 44.6 Å². The molecule has 3 heteroatoms. The summed E-state index contributed by atoms with van der Waals surface area (Å²) in [5, 5.41) is 1.18. The summed E-state index contributed by atoms with van der Waals surface area (Å²) in [6.07, 6.45) is 5.88. The highest BCUT2D eigenvalue weighted by atomic mass is 79.9. The first-order valence-corrected chi connectivity index (χ1v) is 7.30. The Hall–Kier alpha value is 0.400. The molecule has 0 bridgehead atoms. The number of likely N-dealkylation sites (tertiary alicyclic amines) is 1. The molecule has 15 heavy (non-hydrogen) atoms. The van der Waals surface area contributed by atoms with Crippen LogP contribution in [0.1, 0.15) is 32.6 Å². The molecule has 2 fully saturated rings. The Morgan fingerprint density at radius 2 is 2.27 bits per heavy atom. The highest BCUT2D eigenvalue weighted by Crippen LogP contribution is 2.47. The average Bonchev–Trinajstić information content (AvgIpc) is 3.00. The highest BCUT2D eigenvalue weighted by Gasteiger charge is 2.43. The van der Waals surface area contributed by atoms with Crippen LogP contribution in [0, 0.1) is 5.41 Å². The molecule has 0 amide bonds. The topological polar surface area (TPSA) is 12.5 Å². The zero-order valence-corrected chi connectivity index (χ0v) is 11.3. The van der Waals surface area contributed by atoms with Crippen molar-refractivity contribution in [3.63, 3.8) is 0 Å². The van der Waals surface area contributed by atoms with Crippen LogP contribution >= 0.6 is 15.9 Å². The Labute approximate surface area is 101 Å². The standard InChI is InChI=1S/C12H22BrNO/c1-2-15-11-4-3-7-14(8-11)10-12(9-13)5-6-12/h11H,2-10H2,1H3. The van der Waals surface area contributed by atoms with Crippen molar-refractivity contribution in [2.24, 2.45) is 5.41 Å². The normalized spacial score (nSPS) is 30.4. The molecule has 2 rings (SSSR count). The molecule has 1 atom stereocenters. The van der Waals surface area contributed by atoms with Crippen LogP contribution in [0.15, 0.2) is 0 Å². The molecule has 1 saturated heterocycles. The lowest BCUT2D eigenvalue weighted by Gasteiger charge is -2.34. The number of ether oxygens (including phenoxy) is 1. The molecular weight excluding hydrogens is 254 g/mol. The second-order valence-electron chi connectivity index (χ2n) is 5.09. The average molecular weight is 276 g/mol. The van der Waals surface area contributed by atoms with Gasteiger partial charge in [0.2, 0.25) is 0 Å². The fourth-order valence-electron chi connectivity index (χ4n) is 2.51. The predicted molar refractivity (Wildman–Crippen MR) is 66.5 cm³/mol. The van der Waals surface area contributed by atoms with Crippen molar-refractivity contribution in [1.82, 2.24) is 4.90 Å². The fraction of sp³-hybridized carbons (Fsp3) is 1.00. The van der Waals surface area contributed by atoms with E-state index in [2.05, 4.69) is 27.8 Å². The largest absolute Gasteiger partial charge is 0.377 e. The van der Waals surface area contributed by atoms with Crippen LogP contribution in [-0.4, -0.2) is 42.6 Å². The zero-order chi connectivity index (χ0) is 10.7. The van der Waals surface area contributed by atoms with E-state index in [1.807, 2.05) is 0 Å². The van der Waals surface area contributed by atoms with Crippen LogP contribution in [0.4, 0.5) is 0 Å². The minimum absolute atomic E-state index is 0.495. The molecule has 2 aliphatic rings. The van der Waals surface area contributed by atoms with Gasteiger partial charge in [0, 0.05) is 25.0 Å². The molecule has 0 aromatic carbocycles. The maximum absolute atomic E-state index is 5.73. The Kier molecular flexibility index (Phi) is 4.08. The van der Waals surface area contributed by atoms with Gasteiger partial charge in [-0.2, -0.15) is 0 Å². The van der Waals surface area contributed by atoms with Crippen LogP contribution in [-0.2, 0) is 4.74 Å². The molecule has 0 aromatic heterocycles. The quantitative estimate of drug-likeness (QED) is 0.716. The van der Waals surface area contributed by atoms with E-state index in [0.717, 1.165) is 13.2 Å². The molecule has 1 unspecified atom stereocenters. The zero-order valence-electron chi connectivity index (χ0n) is 9.67. The van der Waals surface area contributed by atoms with E-state index in [1.54, 1.807) is 0 Å². The van der Waals surface area contributed by atoms with E-state index in [0.29, 0.717) is 11.5 Å². The molecule has 1 aliphatic carbocycles. The van der Waals surface area contributed by atoms with E-state index in [4.69, 9.17) is 4.74 Å². The van der Waals surface area contributed by atoms with Crippen molar-refractivity contribution in [2.75, 3.05) is 31.6 Å². The summed E-state index contributed by atoms with van der Waals surface area (Å²) < 4.78 is 5.73. The Balaban J connectivity index is 1.77. The van der Waals surface area contributed by atoms with Crippen LogP contribution in [0.25, 0.3) is 0 Å². The molecular formula is C12H22BrNO. The van der Waals surface area contributed by atoms with Gasteiger partial charge in [-0.3, -0.25) is 0 Å². The van der Waals surface area contributed by atoms with Gasteiger partial charge in [0.15, 0.2) is 0 Å². The van der Waals surface area contributed by atoms with Gasteiger partial charge in [0.05, 0.1) is 6.10 Å². The summed E-state index contributed by atoms with van der Waals surface area (Å²) in [6, 6.07) is 0. The molecule has 1 saturated carbocycles. The van der Waals surface area contributed by atoms with Crippen molar-refractivity contribution < 1.29 is 4.74 Å². The summed E-state index contributed by atoms with van der Waals surface area (Å²) in [6.45, 7) is 6.67. The molecule has 1 heterocycles. The molecule has 2 nitrogen and oxygen atoms in total. The maximum atomic E-state index is 5.73. The van der Waals surface area contributed by atoms with Gasteiger partial charge >= 0.3 is 0 Å². The third kappa shape index (κ3) is 3.18. The minimum Gasteiger partial charge on any atom is -0.377 e. The summed E-state index contributed by atoms with van der Waals surface area (Å²) in [5.41, 5.74) is 0.619. The molecule has 0 N–H and O–H groups in total. The van der Waals surface area contributed by atoms with Gasteiger partial charge in [-0.25, -0.2) is 0 Å². The summed E-state index contributed by atoms with van der Waals surface area (Å²) in [7, 11) is 0.